The molecule has 3 rings (SSSR count). The third-order valence-corrected chi connectivity index (χ3v) is 4.62. The zero-order chi connectivity index (χ0) is 21.2. The van der Waals surface area contributed by atoms with Crippen LogP contribution in [0.25, 0.3) is 0 Å². The van der Waals surface area contributed by atoms with Crippen LogP contribution in [0, 0.1) is 0 Å². The van der Waals surface area contributed by atoms with Crippen molar-refractivity contribution in [1.29, 1.82) is 0 Å². The highest BCUT2D eigenvalue weighted by Crippen LogP contribution is 2.40. The maximum Gasteiger partial charge on any atom is 0.387 e. The van der Waals surface area contributed by atoms with Gasteiger partial charge in [-0.15, -0.1) is 0 Å². The molecular weight excluding hydrogens is 382 g/mol. The molecule has 1 unspecified atom stereocenters. The van der Waals surface area contributed by atoms with Gasteiger partial charge in [0.25, 0.3) is 5.91 Å². The number of carbonyl (C=O) groups excluding carboxylic acids is 2. The third kappa shape index (κ3) is 3.75. The predicted octanol–water partition coefficient (Wildman–Crippen LogP) is 2.67. The Bertz CT molecular complexity index is 962. The van der Waals surface area contributed by atoms with Crippen LogP contribution in [0.5, 0.6) is 5.75 Å². The molecule has 0 fully saturated rings. The van der Waals surface area contributed by atoms with Gasteiger partial charge in [0, 0.05) is 19.2 Å². The van der Waals surface area contributed by atoms with Crippen molar-refractivity contribution in [2.24, 2.45) is 10.7 Å². The van der Waals surface area contributed by atoms with Crippen LogP contribution in [-0.2, 0) is 15.1 Å². The molecule has 29 heavy (non-hydrogen) atoms. The van der Waals surface area contributed by atoms with Crippen LogP contribution in [0.1, 0.15) is 24.5 Å². The van der Waals surface area contributed by atoms with Gasteiger partial charge in [-0.1, -0.05) is 31.2 Å². The topological polar surface area (TPSA) is 97.0 Å². The van der Waals surface area contributed by atoms with Gasteiger partial charge >= 0.3 is 6.61 Å². The molecule has 2 aromatic rings. The summed E-state index contributed by atoms with van der Waals surface area (Å²) in [5, 5.41) is 2.75. The first-order valence-electron chi connectivity index (χ1n) is 8.87. The molecule has 2 amide bonds. The Hall–Kier alpha value is -3.49. The molecule has 9 heteroatoms. The van der Waals surface area contributed by atoms with Crippen LogP contribution in [0.2, 0.25) is 0 Å². The summed E-state index contributed by atoms with van der Waals surface area (Å²) in [4.78, 5) is 30.6. The molecular formula is C20H20F2N4O3. The van der Waals surface area contributed by atoms with Crippen molar-refractivity contribution in [2.75, 3.05) is 12.4 Å². The summed E-state index contributed by atoms with van der Waals surface area (Å²) in [7, 11) is 1.50. The van der Waals surface area contributed by atoms with Crippen molar-refractivity contribution in [1.82, 2.24) is 4.90 Å². The number of amides is 2. The summed E-state index contributed by atoms with van der Waals surface area (Å²) in [6, 6.07) is 12.4. The van der Waals surface area contributed by atoms with Crippen LogP contribution in [0.4, 0.5) is 14.5 Å². The molecule has 0 saturated carbocycles. The maximum atomic E-state index is 13.2. The number of carbonyl (C=O) groups is 2. The summed E-state index contributed by atoms with van der Waals surface area (Å²) in [6.07, 6.45) is 0.299. The molecule has 2 aromatic carbocycles. The zero-order valence-electron chi connectivity index (χ0n) is 15.9. The first kappa shape index (κ1) is 20.2. The Labute approximate surface area is 166 Å². The first-order chi connectivity index (χ1) is 13.8. The van der Waals surface area contributed by atoms with Gasteiger partial charge in [0.2, 0.25) is 5.91 Å². The highest BCUT2D eigenvalue weighted by molar-refractivity contribution is 6.09. The van der Waals surface area contributed by atoms with Gasteiger partial charge in [-0.05, 0) is 35.4 Å². The number of nitrogens with zero attached hydrogens (tertiary/aromatic N) is 2. The molecule has 1 atom stereocenters. The Morgan fingerprint density at radius 2 is 1.93 bits per heavy atom. The van der Waals surface area contributed by atoms with E-state index >= 15 is 0 Å². The second-order valence-electron chi connectivity index (χ2n) is 6.43. The van der Waals surface area contributed by atoms with Crippen molar-refractivity contribution in [3.63, 3.8) is 0 Å². The predicted molar refractivity (Wildman–Crippen MR) is 104 cm³/mol. The number of aliphatic imine (C=N–C) groups is 1. The third-order valence-electron chi connectivity index (χ3n) is 4.62. The van der Waals surface area contributed by atoms with Crippen molar-refractivity contribution in [3.05, 3.63) is 59.7 Å². The van der Waals surface area contributed by atoms with E-state index in [0.717, 1.165) is 0 Å². The number of ether oxygens (including phenoxy) is 1. The normalized spacial score (nSPS) is 18.7. The van der Waals surface area contributed by atoms with E-state index in [2.05, 4.69) is 15.0 Å². The molecule has 0 radical (unpaired) electrons. The zero-order valence-corrected chi connectivity index (χ0v) is 15.9. The molecule has 0 spiro atoms. The monoisotopic (exact) mass is 402 g/mol. The summed E-state index contributed by atoms with van der Waals surface area (Å²) in [5.41, 5.74) is 5.82. The molecule has 0 aliphatic carbocycles. The lowest BCUT2D eigenvalue weighted by molar-refractivity contribution is -0.129. The number of nitrogens with two attached hydrogens (primary N) is 1. The molecule has 1 aliphatic heterocycles. The van der Waals surface area contributed by atoms with Gasteiger partial charge in [0.15, 0.2) is 11.5 Å². The number of anilines is 1. The maximum absolute atomic E-state index is 13.2. The lowest BCUT2D eigenvalue weighted by Gasteiger charge is -2.26. The van der Waals surface area contributed by atoms with Crippen LogP contribution in [-0.4, -0.2) is 36.3 Å². The molecule has 0 saturated heterocycles. The lowest BCUT2D eigenvalue weighted by Crippen LogP contribution is -2.41. The fourth-order valence-corrected chi connectivity index (χ4v) is 3.13. The lowest BCUT2D eigenvalue weighted by atomic mass is 9.82. The van der Waals surface area contributed by atoms with E-state index in [-0.39, 0.29) is 17.6 Å². The largest absolute Gasteiger partial charge is 0.435 e. The minimum Gasteiger partial charge on any atom is -0.435 e. The first-order valence-corrected chi connectivity index (χ1v) is 8.87. The summed E-state index contributed by atoms with van der Waals surface area (Å²) >= 11 is 0. The van der Waals surface area contributed by atoms with Crippen molar-refractivity contribution < 1.29 is 23.1 Å². The molecule has 0 aromatic heterocycles. The second-order valence-corrected chi connectivity index (χ2v) is 6.43. The van der Waals surface area contributed by atoms with Gasteiger partial charge in [0.1, 0.15) is 5.75 Å². The summed E-state index contributed by atoms with van der Waals surface area (Å²) in [5.74, 6) is -0.608. The number of hydrogen-bond donors (Lipinski definition) is 2. The Morgan fingerprint density at radius 3 is 2.48 bits per heavy atom. The molecule has 1 aliphatic rings. The van der Waals surface area contributed by atoms with Crippen LogP contribution in [0.15, 0.2) is 53.5 Å². The molecule has 7 nitrogen and oxygen atoms in total. The quantitative estimate of drug-likeness (QED) is 0.776. The number of likely N-dealkylation sites (N-methyl/N-ethyl adjacent to an activating group) is 1. The van der Waals surface area contributed by atoms with Gasteiger partial charge < -0.3 is 15.8 Å². The van der Waals surface area contributed by atoms with E-state index in [1.165, 1.54) is 36.2 Å². The minimum atomic E-state index is -2.96. The van der Waals surface area contributed by atoms with Crippen LogP contribution < -0.4 is 15.8 Å². The van der Waals surface area contributed by atoms with Crippen molar-refractivity contribution in [2.45, 2.75) is 25.5 Å². The highest BCUT2D eigenvalue weighted by Gasteiger charge is 2.49. The fraction of sp³-hybridized carbons (Fsp3) is 0.250. The van der Waals surface area contributed by atoms with Gasteiger partial charge in [-0.25, -0.2) is 4.99 Å². The Morgan fingerprint density at radius 1 is 1.24 bits per heavy atom. The molecule has 1 heterocycles. The highest BCUT2D eigenvalue weighted by atomic mass is 19.3. The average Bonchev–Trinajstić information content (AvgIpc) is 2.93. The van der Waals surface area contributed by atoms with E-state index in [1.807, 2.05) is 0 Å². The van der Waals surface area contributed by atoms with E-state index in [0.29, 0.717) is 23.2 Å². The molecule has 3 N–H and O–H groups in total. The van der Waals surface area contributed by atoms with Gasteiger partial charge in [0.05, 0.1) is 0 Å². The number of hydrogen-bond acceptors (Lipinski definition) is 5. The van der Waals surface area contributed by atoms with E-state index < -0.39 is 18.1 Å². The minimum absolute atomic E-state index is 0.0194. The summed E-state index contributed by atoms with van der Waals surface area (Å²) in [6.45, 7) is -1.23. The standard InChI is InChI=1S/C20H20F2N4O3/c1-3-16(27)24-14-6-4-5-13(11-14)20(17(28)26(2)19(23)25-20)12-7-9-15(10-8-12)29-18(21)22/h4-11,18H,3H2,1-2H3,(H2,23,25)(H,24,27). The number of rotatable bonds is 6. The SMILES string of the molecule is CCC(=O)Nc1cccc(C2(c3ccc(OC(F)F)cc3)N=C(N)N(C)C2=O)c1. The Kier molecular flexibility index (Phi) is 5.49. The van der Waals surface area contributed by atoms with E-state index in [4.69, 9.17) is 5.73 Å². The number of halogens is 2. The van der Waals surface area contributed by atoms with Crippen LogP contribution in [0.3, 0.4) is 0 Å². The van der Waals surface area contributed by atoms with Crippen molar-refractivity contribution in [3.8, 4) is 5.75 Å². The van der Waals surface area contributed by atoms with Crippen LogP contribution >= 0.6 is 0 Å². The number of benzene rings is 2. The average molecular weight is 402 g/mol. The molecule has 0 bridgehead atoms. The molecule has 152 valence electrons. The number of nitrogens with one attached hydrogen (secondary N) is 1. The number of alkyl halides is 2. The van der Waals surface area contributed by atoms with E-state index in [9.17, 15) is 18.4 Å². The fourth-order valence-electron chi connectivity index (χ4n) is 3.13. The second kappa shape index (κ2) is 7.86. The van der Waals surface area contributed by atoms with Gasteiger partial charge in [-0.3, -0.25) is 14.5 Å². The van der Waals surface area contributed by atoms with Gasteiger partial charge in [-0.2, -0.15) is 8.78 Å². The summed E-state index contributed by atoms with van der Waals surface area (Å²) < 4.78 is 29.3. The smallest absolute Gasteiger partial charge is 0.387 e. The van der Waals surface area contributed by atoms with Crippen molar-refractivity contribution >= 4 is 23.5 Å². The number of guanidine groups is 1. The Balaban J connectivity index is 2.11. The van der Waals surface area contributed by atoms with E-state index in [1.54, 1.807) is 31.2 Å².